The number of H-pyrrole nitrogens is 1. The number of ether oxygens (including phenoxy) is 1. The fourth-order valence-corrected chi connectivity index (χ4v) is 5.31. The smallest absolute Gasteiger partial charge is 0.326 e. The minimum absolute atomic E-state index is 0.241. The number of carbonyl (C=O) groups is 3. The number of imide groups is 1. The summed E-state index contributed by atoms with van der Waals surface area (Å²) in [6.07, 6.45) is 2.44. The number of esters is 1. The maximum atomic E-state index is 12.5. The number of hydrogen-bond donors (Lipinski definition) is 1. The van der Waals surface area contributed by atoms with Crippen molar-refractivity contribution in [2.24, 2.45) is 11.8 Å². The minimum Gasteiger partial charge on any atom is -0.453 e. The second-order valence-corrected chi connectivity index (χ2v) is 9.01. The van der Waals surface area contributed by atoms with Crippen molar-refractivity contribution >= 4 is 39.3 Å². The number of fused-ring (bicyclic) bond motifs is 2. The van der Waals surface area contributed by atoms with E-state index in [1.165, 1.54) is 11.3 Å². The van der Waals surface area contributed by atoms with Gasteiger partial charge in [0.1, 0.15) is 11.4 Å². The predicted octanol–water partition coefficient (Wildman–Crippen LogP) is 2.38. The second kappa shape index (κ2) is 7.37. The monoisotopic (exact) mass is 417 g/mol. The molecule has 2 aromatic heterocycles. The van der Waals surface area contributed by atoms with Crippen molar-refractivity contribution in [1.82, 2.24) is 14.9 Å². The molecular formula is C20H23N3O5S. The number of amides is 2. The molecule has 4 rings (SSSR count). The van der Waals surface area contributed by atoms with Gasteiger partial charge in [-0.2, -0.15) is 0 Å². The summed E-state index contributed by atoms with van der Waals surface area (Å²) in [5, 5.41) is 0.547. The molecule has 9 heteroatoms. The van der Waals surface area contributed by atoms with Crippen LogP contribution in [0.5, 0.6) is 0 Å². The van der Waals surface area contributed by atoms with Crippen LogP contribution in [-0.2, 0) is 19.1 Å². The molecule has 8 nitrogen and oxygen atoms in total. The van der Waals surface area contributed by atoms with Crippen LogP contribution in [0.1, 0.15) is 55.0 Å². The van der Waals surface area contributed by atoms with E-state index in [4.69, 9.17) is 4.74 Å². The zero-order valence-electron chi connectivity index (χ0n) is 16.6. The van der Waals surface area contributed by atoms with Crippen molar-refractivity contribution < 1.29 is 19.1 Å². The Balaban J connectivity index is 1.47. The molecule has 2 aromatic rings. The molecule has 1 saturated heterocycles. The Bertz CT molecular complexity index is 1050. The van der Waals surface area contributed by atoms with Crippen molar-refractivity contribution in [3.05, 3.63) is 26.6 Å². The Kier molecular flexibility index (Phi) is 5.02. The number of aromatic amines is 1. The summed E-state index contributed by atoms with van der Waals surface area (Å²) < 4.78 is 5.38. The van der Waals surface area contributed by atoms with Gasteiger partial charge in [0.15, 0.2) is 11.9 Å². The first-order valence-electron chi connectivity index (χ1n) is 9.82. The van der Waals surface area contributed by atoms with Gasteiger partial charge in [0.2, 0.25) is 11.8 Å². The molecule has 3 atom stereocenters. The lowest BCUT2D eigenvalue weighted by Crippen LogP contribution is -2.37. The molecule has 1 aliphatic heterocycles. The molecule has 0 spiro atoms. The summed E-state index contributed by atoms with van der Waals surface area (Å²) in [6.45, 7) is 4.99. The number of carbonyl (C=O) groups excluding carboxylic acids is 3. The molecule has 0 bridgehead atoms. The molecule has 1 N–H and O–H groups in total. The summed E-state index contributed by atoms with van der Waals surface area (Å²) in [5.41, 5.74) is 0.617. The highest BCUT2D eigenvalue weighted by Crippen LogP contribution is 2.38. The van der Waals surface area contributed by atoms with Crippen LogP contribution in [-0.4, -0.2) is 39.2 Å². The number of aromatic nitrogens is 2. The molecule has 0 radical (unpaired) electrons. The zero-order chi connectivity index (χ0) is 20.9. The third-order valence-corrected chi connectivity index (χ3v) is 7.07. The van der Waals surface area contributed by atoms with Crippen LogP contribution in [0.4, 0.5) is 0 Å². The molecule has 2 fully saturated rings. The molecule has 1 aliphatic carbocycles. The van der Waals surface area contributed by atoms with Crippen molar-refractivity contribution in [2.45, 2.75) is 52.6 Å². The molecule has 2 aliphatic rings. The number of nitrogens with zero attached hydrogens (tertiary/aromatic N) is 2. The van der Waals surface area contributed by atoms with E-state index < -0.39 is 18.6 Å². The normalized spacial score (nSPS) is 22.8. The van der Waals surface area contributed by atoms with Crippen LogP contribution in [0, 0.1) is 25.7 Å². The Hall–Kier alpha value is -2.55. The van der Waals surface area contributed by atoms with Gasteiger partial charge in [0.05, 0.1) is 17.2 Å². The fourth-order valence-electron chi connectivity index (χ4n) is 4.27. The standard InChI is InChI=1S/C20H23N3O5S/c1-9-11(3)29-18-15(9)17(25)21-16(22-18)10(2)28-14(24)8-23-19(26)12-6-4-5-7-13(12)20(23)27/h10,12-13H,4-8H2,1-3H3,(H,21,22,25)/t10-,12-,13+/m1/s1. The summed E-state index contributed by atoms with van der Waals surface area (Å²) in [4.78, 5) is 59.6. The fraction of sp³-hybridized carbons (Fsp3) is 0.550. The molecule has 154 valence electrons. The van der Waals surface area contributed by atoms with Crippen molar-refractivity contribution in [3.63, 3.8) is 0 Å². The topological polar surface area (TPSA) is 109 Å². The van der Waals surface area contributed by atoms with E-state index in [1.807, 2.05) is 13.8 Å². The molecule has 0 aromatic carbocycles. The van der Waals surface area contributed by atoms with Crippen molar-refractivity contribution in [3.8, 4) is 0 Å². The van der Waals surface area contributed by atoms with Crippen molar-refractivity contribution in [2.75, 3.05) is 6.54 Å². The molecule has 0 unspecified atom stereocenters. The van der Waals surface area contributed by atoms with E-state index >= 15 is 0 Å². The quantitative estimate of drug-likeness (QED) is 0.604. The lowest BCUT2D eigenvalue weighted by molar-refractivity contribution is -0.156. The lowest BCUT2D eigenvalue weighted by atomic mass is 9.81. The van der Waals surface area contributed by atoms with Crippen LogP contribution >= 0.6 is 11.3 Å². The van der Waals surface area contributed by atoms with Gasteiger partial charge in [-0.3, -0.25) is 24.1 Å². The summed E-state index contributed by atoms with van der Waals surface area (Å²) in [7, 11) is 0. The lowest BCUT2D eigenvalue weighted by Gasteiger charge is -2.19. The van der Waals surface area contributed by atoms with Gasteiger partial charge in [-0.1, -0.05) is 12.8 Å². The van der Waals surface area contributed by atoms with E-state index in [0.717, 1.165) is 28.2 Å². The Morgan fingerprint density at radius 3 is 2.45 bits per heavy atom. The van der Waals surface area contributed by atoms with E-state index in [0.29, 0.717) is 23.1 Å². The number of aryl methyl sites for hydroxylation is 2. The minimum atomic E-state index is -0.808. The third kappa shape index (κ3) is 3.37. The molecular weight excluding hydrogens is 394 g/mol. The SMILES string of the molecule is Cc1sc2nc([C@@H](C)OC(=O)CN3C(=O)[C@H]4CCCC[C@H]4C3=O)[nH]c(=O)c2c1C. The second-order valence-electron chi connectivity index (χ2n) is 7.81. The first-order chi connectivity index (χ1) is 13.8. The van der Waals surface area contributed by atoms with Gasteiger partial charge in [0.25, 0.3) is 5.56 Å². The van der Waals surface area contributed by atoms with Crippen LogP contribution in [0.15, 0.2) is 4.79 Å². The van der Waals surface area contributed by atoms with E-state index in [1.54, 1.807) is 6.92 Å². The van der Waals surface area contributed by atoms with Gasteiger partial charge in [0, 0.05) is 4.88 Å². The highest BCUT2D eigenvalue weighted by Gasteiger charge is 2.48. The summed E-state index contributed by atoms with van der Waals surface area (Å²) >= 11 is 1.41. The zero-order valence-corrected chi connectivity index (χ0v) is 17.4. The van der Waals surface area contributed by atoms with Crippen LogP contribution < -0.4 is 5.56 Å². The molecule has 1 saturated carbocycles. The number of hydrogen-bond acceptors (Lipinski definition) is 7. The average Bonchev–Trinajstić information content (AvgIpc) is 3.10. The first-order valence-corrected chi connectivity index (χ1v) is 10.6. The highest BCUT2D eigenvalue weighted by atomic mass is 32.1. The van der Waals surface area contributed by atoms with E-state index in [-0.39, 0.29) is 35.0 Å². The Labute approximate surface area is 171 Å². The van der Waals surface area contributed by atoms with E-state index in [2.05, 4.69) is 9.97 Å². The number of likely N-dealkylation sites (tertiary alicyclic amines) is 1. The molecule has 3 heterocycles. The van der Waals surface area contributed by atoms with Crippen LogP contribution in [0.25, 0.3) is 10.2 Å². The van der Waals surface area contributed by atoms with Gasteiger partial charge in [-0.05, 0) is 39.2 Å². The Morgan fingerprint density at radius 2 is 1.83 bits per heavy atom. The number of thiophene rings is 1. The van der Waals surface area contributed by atoms with Gasteiger partial charge in [-0.25, -0.2) is 4.98 Å². The van der Waals surface area contributed by atoms with Gasteiger partial charge < -0.3 is 9.72 Å². The summed E-state index contributed by atoms with van der Waals surface area (Å²) in [5.74, 6) is -1.60. The average molecular weight is 417 g/mol. The summed E-state index contributed by atoms with van der Waals surface area (Å²) in [6, 6.07) is 0. The number of nitrogens with one attached hydrogen (secondary N) is 1. The third-order valence-electron chi connectivity index (χ3n) is 5.97. The predicted molar refractivity (Wildman–Crippen MR) is 106 cm³/mol. The van der Waals surface area contributed by atoms with Gasteiger partial charge in [-0.15, -0.1) is 11.3 Å². The van der Waals surface area contributed by atoms with Crippen molar-refractivity contribution in [1.29, 1.82) is 0 Å². The maximum Gasteiger partial charge on any atom is 0.326 e. The van der Waals surface area contributed by atoms with Crippen LogP contribution in [0.3, 0.4) is 0 Å². The largest absolute Gasteiger partial charge is 0.453 e. The molecule has 29 heavy (non-hydrogen) atoms. The Morgan fingerprint density at radius 1 is 1.21 bits per heavy atom. The number of rotatable bonds is 4. The van der Waals surface area contributed by atoms with Crippen LogP contribution in [0.2, 0.25) is 0 Å². The molecule has 2 amide bonds. The van der Waals surface area contributed by atoms with E-state index in [9.17, 15) is 19.2 Å². The maximum absolute atomic E-state index is 12.5. The first kappa shape index (κ1) is 19.8. The van der Waals surface area contributed by atoms with Gasteiger partial charge >= 0.3 is 5.97 Å². The highest BCUT2D eigenvalue weighted by molar-refractivity contribution is 7.18.